The minimum atomic E-state index is -0.144. The lowest BCUT2D eigenvalue weighted by molar-refractivity contribution is -0.138. The number of hydrogen-bond acceptors (Lipinski definition) is 2. The van der Waals surface area contributed by atoms with Crippen LogP contribution < -0.4 is 0 Å². The first-order valence-electron chi connectivity index (χ1n) is 11.6. The summed E-state index contributed by atoms with van der Waals surface area (Å²) in [5.41, 5.74) is 0. The summed E-state index contributed by atoms with van der Waals surface area (Å²) in [4.78, 5) is 11.1. The molecule has 0 aromatic rings. The molecule has 0 N–H and O–H groups in total. The van der Waals surface area contributed by atoms with Gasteiger partial charge in [0.15, 0.2) is 0 Å². The molecule has 0 saturated heterocycles. The van der Waals surface area contributed by atoms with E-state index >= 15 is 0 Å². The fourth-order valence-electron chi connectivity index (χ4n) is 4.27. The molecular formula is C24H44O2. The predicted molar refractivity (Wildman–Crippen MR) is 112 cm³/mol. The van der Waals surface area contributed by atoms with Gasteiger partial charge in [-0.05, 0) is 12.3 Å². The first-order valence-corrected chi connectivity index (χ1v) is 11.6. The van der Waals surface area contributed by atoms with Gasteiger partial charge in [-0.3, -0.25) is 4.79 Å². The van der Waals surface area contributed by atoms with E-state index in [9.17, 15) is 4.79 Å². The molecule has 0 amide bonds. The second-order valence-electron chi connectivity index (χ2n) is 8.30. The van der Waals surface area contributed by atoms with E-state index in [1.807, 2.05) is 0 Å². The van der Waals surface area contributed by atoms with Gasteiger partial charge in [0, 0.05) is 6.42 Å². The Morgan fingerprint density at radius 2 is 1.19 bits per heavy atom. The Balaban J connectivity index is 1.69. The lowest BCUT2D eigenvalue weighted by Crippen LogP contribution is -2.05. The quantitative estimate of drug-likeness (QED) is 0.148. The van der Waals surface area contributed by atoms with E-state index < -0.39 is 0 Å². The molecule has 152 valence electrons. The van der Waals surface area contributed by atoms with Crippen LogP contribution >= 0.6 is 0 Å². The Labute approximate surface area is 163 Å². The molecule has 0 unspecified atom stereocenters. The Morgan fingerprint density at radius 3 is 1.69 bits per heavy atom. The highest BCUT2D eigenvalue weighted by Gasteiger charge is 2.12. The third-order valence-corrected chi connectivity index (χ3v) is 5.93. The van der Waals surface area contributed by atoms with Crippen molar-refractivity contribution >= 4 is 5.97 Å². The second-order valence-corrected chi connectivity index (χ2v) is 8.30. The van der Waals surface area contributed by atoms with Crippen molar-refractivity contribution in [3.05, 3.63) is 12.8 Å². The molecule has 1 aliphatic carbocycles. The number of carbonyl (C=O) groups excluding carboxylic acids is 1. The molecule has 1 saturated carbocycles. The largest absolute Gasteiger partial charge is 0.435 e. The minimum absolute atomic E-state index is 0.144. The zero-order valence-electron chi connectivity index (χ0n) is 17.3. The van der Waals surface area contributed by atoms with Crippen LogP contribution in [0.15, 0.2) is 12.8 Å². The summed E-state index contributed by atoms with van der Waals surface area (Å²) in [6, 6.07) is 0. The molecule has 0 heterocycles. The van der Waals surface area contributed by atoms with Gasteiger partial charge < -0.3 is 4.74 Å². The third-order valence-electron chi connectivity index (χ3n) is 5.93. The fourth-order valence-corrected chi connectivity index (χ4v) is 4.27. The number of ether oxygens (including phenoxy) is 1. The first kappa shape index (κ1) is 23.2. The van der Waals surface area contributed by atoms with Crippen molar-refractivity contribution in [1.29, 1.82) is 0 Å². The van der Waals surface area contributed by atoms with Crippen LogP contribution in [0.2, 0.25) is 0 Å². The highest BCUT2D eigenvalue weighted by molar-refractivity contribution is 5.69. The van der Waals surface area contributed by atoms with Gasteiger partial charge in [-0.1, -0.05) is 122 Å². The van der Waals surface area contributed by atoms with Crippen LogP contribution in [0.1, 0.15) is 128 Å². The van der Waals surface area contributed by atoms with Gasteiger partial charge in [0.1, 0.15) is 0 Å². The van der Waals surface area contributed by atoms with Gasteiger partial charge in [0.05, 0.1) is 6.26 Å². The van der Waals surface area contributed by atoms with Crippen LogP contribution in [0.25, 0.3) is 0 Å². The smallest absolute Gasteiger partial charge is 0.310 e. The van der Waals surface area contributed by atoms with Crippen molar-refractivity contribution in [2.75, 3.05) is 0 Å². The van der Waals surface area contributed by atoms with Gasteiger partial charge in [0.25, 0.3) is 0 Å². The average Bonchev–Trinajstić information content (AvgIpc) is 2.66. The molecule has 0 aromatic carbocycles. The van der Waals surface area contributed by atoms with Crippen LogP contribution in [-0.4, -0.2) is 5.97 Å². The van der Waals surface area contributed by atoms with E-state index in [0.29, 0.717) is 6.42 Å². The van der Waals surface area contributed by atoms with Crippen molar-refractivity contribution in [2.24, 2.45) is 5.92 Å². The van der Waals surface area contributed by atoms with Crippen LogP contribution in [-0.2, 0) is 9.53 Å². The van der Waals surface area contributed by atoms with Crippen molar-refractivity contribution in [2.45, 2.75) is 128 Å². The number of esters is 1. The van der Waals surface area contributed by atoms with Crippen molar-refractivity contribution < 1.29 is 9.53 Å². The van der Waals surface area contributed by atoms with Gasteiger partial charge in [-0.25, -0.2) is 0 Å². The zero-order valence-corrected chi connectivity index (χ0v) is 17.3. The molecule has 0 spiro atoms. The highest BCUT2D eigenvalue weighted by atomic mass is 16.5. The molecular weight excluding hydrogens is 320 g/mol. The summed E-state index contributed by atoms with van der Waals surface area (Å²) in [5.74, 6) is 0.929. The van der Waals surface area contributed by atoms with Gasteiger partial charge in [-0.15, -0.1) is 0 Å². The van der Waals surface area contributed by atoms with Crippen LogP contribution in [0, 0.1) is 5.92 Å². The Bertz CT molecular complexity index is 331. The summed E-state index contributed by atoms with van der Waals surface area (Å²) in [7, 11) is 0. The predicted octanol–water partition coefficient (Wildman–Crippen LogP) is 8.10. The third kappa shape index (κ3) is 14.4. The normalized spacial score (nSPS) is 15.1. The van der Waals surface area contributed by atoms with Gasteiger partial charge in [-0.2, -0.15) is 0 Å². The minimum Gasteiger partial charge on any atom is -0.435 e. The summed E-state index contributed by atoms with van der Waals surface area (Å²) in [5, 5.41) is 0. The van der Waals surface area contributed by atoms with Gasteiger partial charge in [0.2, 0.25) is 0 Å². The van der Waals surface area contributed by atoms with Crippen LogP contribution in [0.5, 0.6) is 0 Å². The summed E-state index contributed by atoms with van der Waals surface area (Å²) in [6.07, 6.45) is 28.3. The standard InChI is InChI=1S/C24H44O2/c1-2-26-24(25)22-18-13-11-9-7-5-3-4-6-8-10-12-15-19-23-20-16-14-17-21-23/h2,23H,1,3-22H2. The maximum atomic E-state index is 11.1. The molecule has 1 fully saturated rings. The SMILES string of the molecule is C=COC(=O)CCCCCCCCCCCCCCCC1CCCCC1. The molecule has 0 radical (unpaired) electrons. The maximum Gasteiger partial charge on any atom is 0.310 e. The molecule has 2 heteroatoms. The van der Waals surface area contributed by atoms with E-state index in [0.717, 1.165) is 18.8 Å². The summed E-state index contributed by atoms with van der Waals surface area (Å²) >= 11 is 0. The van der Waals surface area contributed by atoms with Crippen molar-refractivity contribution in [3.8, 4) is 0 Å². The second kappa shape index (κ2) is 17.6. The average molecular weight is 365 g/mol. The number of carbonyl (C=O) groups is 1. The van der Waals surface area contributed by atoms with E-state index in [2.05, 4.69) is 6.58 Å². The van der Waals surface area contributed by atoms with Crippen LogP contribution in [0.4, 0.5) is 0 Å². The van der Waals surface area contributed by atoms with Crippen molar-refractivity contribution in [1.82, 2.24) is 0 Å². The number of unbranched alkanes of at least 4 members (excludes halogenated alkanes) is 12. The van der Waals surface area contributed by atoms with E-state index in [-0.39, 0.29) is 5.97 Å². The molecule has 0 aromatic heterocycles. The number of rotatable bonds is 17. The lowest BCUT2D eigenvalue weighted by atomic mass is 9.85. The Morgan fingerprint density at radius 1 is 0.731 bits per heavy atom. The molecule has 2 nitrogen and oxygen atoms in total. The van der Waals surface area contributed by atoms with E-state index in [4.69, 9.17) is 4.74 Å². The van der Waals surface area contributed by atoms with E-state index in [1.165, 1.54) is 115 Å². The van der Waals surface area contributed by atoms with Gasteiger partial charge >= 0.3 is 5.97 Å². The summed E-state index contributed by atoms with van der Waals surface area (Å²) < 4.78 is 4.71. The molecule has 1 aliphatic rings. The highest BCUT2D eigenvalue weighted by Crippen LogP contribution is 2.28. The molecule has 1 rings (SSSR count). The number of hydrogen-bond donors (Lipinski definition) is 0. The maximum absolute atomic E-state index is 11.1. The molecule has 26 heavy (non-hydrogen) atoms. The first-order chi connectivity index (χ1) is 12.8. The molecule has 0 aliphatic heterocycles. The Hall–Kier alpha value is -0.790. The monoisotopic (exact) mass is 364 g/mol. The molecule has 0 bridgehead atoms. The van der Waals surface area contributed by atoms with Crippen LogP contribution in [0.3, 0.4) is 0 Å². The molecule has 0 atom stereocenters. The fraction of sp³-hybridized carbons (Fsp3) is 0.875. The lowest BCUT2D eigenvalue weighted by Gasteiger charge is -2.21. The zero-order chi connectivity index (χ0) is 18.7. The Kier molecular flexibility index (Phi) is 15.8. The van der Waals surface area contributed by atoms with Crippen molar-refractivity contribution in [3.63, 3.8) is 0 Å². The van der Waals surface area contributed by atoms with E-state index in [1.54, 1.807) is 0 Å². The topological polar surface area (TPSA) is 26.3 Å². The summed E-state index contributed by atoms with van der Waals surface area (Å²) in [6.45, 7) is 3.39.